The van der Waals surface area contributed by atoms with Gasteiger partial charge in [-0.2, -0.15) is 0 Å². The Morgan fingerprint density at radius 2 is 1.87 bits per heavy atom. The number of carboxylic acids is 1. The van der Waals surface area contributed by atoms with E-state index in [4.69, 9.17) is 24.7 Å². The minimum atomic E-state index is -1.40. The second-order valence-corrected chi connectivity index (χ2v) is 6.42. The fraction of sp³-hybridized carbons (Fsp3) is 0.238. The van der Waals surface area contributed by atoms with Gasteiger partial charge < -0.3 is 39.9 Å². The van der Waals surface area contributed by atoms with Crippen molar-refractivity contribution < 1.29 is 33.6 Å². The van der Waals surface area contributed by atoms with E-state index in [0.29, 0.717) is 28.7 Å². The van der Waals surface area contributed by atoms with Crippen molar-refractivity contribution in [2.75, 3.05) is 26.3 Å². The summed E-state index contributed by atoms with van der Waals surface area (Å²) < 4.78 is 21.4. The molecule has 0 saturated carbocycles. The maximum Gasteiger partial charge on any atom is 0.241 e. The highest BCUT2D eigenvalue weighted by atomic mass is 16.7. The second kappa shape index (κ2) is 9.19. The summed E-state index contributed by atoms with van der Waals surface area (Å²) in [4.78, 5) is 22.8. The topological polar surface area (TPSA) is 132 Å². The van der Waals surface area contributed by atoms with Gasteiger partial charge in [-0.15, -0.1) is 0 Å². The van der Waals surface area contributed by atoms with Crippen LogP contribution < -0.4 is 35.1 Å². The lowest BCUT2D eigenvalue weighted by Crippen LogP contribution is -2.40. The van der Waals surface area contributed by atoms with Crippen molar-refractivity contribution in [2.24, 2.45) is 5.73 Å². The average Bonchev–Trinajstić information content (AvgIpc) is 3.20. The molecular formula is C21H21N2O7-. The average molecular weight is 413 g/mol. The molecule has 3 rings (SSSR count). The predicted octanol–water partition coefficient (Wildman–Crippen LogP) is 1.01. The number of hydrogen-bond acceptors (Lipinski definition) is 8. The number of rotatable bonds is 8. The summed E-state index contributed by atoms with van der Waals surface area (Å²) in [6.45, 7) is 0.139. The fourth-order valence-corrected chi connectivity index (χ4v) is 2.86. The van der Waals surface area contributed by atoms with E-state index in [1.54, 1.807) is 25.3 Å². The van der Waals surface area contributed by atoms with Crippen molar-refractivity contribution in [3.05, 3.63) is 41.5 Å². The van der Waals surface area contributed by atoms with Gasteiger partial charge in [-0.25, -0.2) is 0 Å². The van der Waals surface area contributed by atoms with Crippen molar-refractivity contribution in [3.63, 3.8) is 0 Å². The summed E-state index contributed by atoms with van der Waals surface area (Å²) in [5.74, 6) is 0.0790. The summed E-state index contributed by atoms with van der Waals surface area (Å²) in [5.41, 5.74) is 7.53. The summed E-state index contributed by atoms with van der Waals surface area (Å²) in [6, 6.07) is 7.57. The van der Waals surface area contributed by atoms with Crippen molar-refractivity contribution in [1.29, 1.82) is 0 Å². The number of methoxy groups -OCH3 is 2. The number of carbonyl (C=O) groups is 2. The van der Waals surface area contributed by atoms with Gasteiger partial charge in [0.15, 0.2) is 11.5 Å². The van der Waals surface area contributed by atoms with Crippen LogP contribution in [-0.2, 0) is 9.59 Å². The Morgan fingerprint density at radius 3 is 2.57 bits per heavy atom. The number of fused-ring (bicyclic) bond motifs is 1. The standard InChI is InChI=1S/C21H22N2O7/c1-27-16-6-5-12(7-15(16)23-21(26)14(22)10-19(24)25)3-4-13-8-17(28-2)20-18(9-13)29-11-30-20/h3-9,14H,10-11,22H2,1-2H3,(H,23,26)(H,24,25)/p-1/b4-3-. The van der Waals surface area contributed by atoms with Gasteiger partial charge in [-0.05, 0) is 35.4 Å². The van der Waals surface area contributed by atoms with E-state index < -0.39 is 24.3 Å². The summed E-state index contributed by atoms with van der Waals surface area (Å²) >= 11 is 0. The number of amides is 1. The molecule has 0 bridgehead atoms. The quantitative estimate of drug-likeness (QED) is 0.613. The smallest absolute Gasteiger partial charge is 0.241 e. The highest BCUT2D eigenvalue weighted by Gasteiger charge is 2.19. The van der Waals surface area contributed by atoms with Crippen LogP contribution in [0.3, 0.4) is 0 Å². The summed E-state index contributed by atoms with van der Waals surface area (Å²) in [5, 5.41) is 13.2. The van der Waals surface area contributed by atoms with Crippen LogP contribution in [0.1, 0.15) is 17.5 Å². The zero-order valence-electron chi connectivity index (χ0n) is 16.5. The lowest BCUT2D eigenvalue weighted by Gasteiger charge is -2.15. The van der Waals surface area contributed by atoms with Crippen molar-refractivity contribution >= 4 is 29.7 Å². The SMILES string of the molecule is COc1ccc(/C=C\c2cc(OC)c3c(c2)OCO3)cc1NC(=O)C(N)CC(=O)[O-]. The van der Waals surface area contributed by atoms with Crippen molar-refractivity contribution in [2.45, 2.75) is 12.5 Å². The highest BCUT2D eigenvalue weighted by molar-refractivity contribution is 5.98. The number of aliphatic carboxylic acids is 1. The molecule has 1 aliphatic rings. The molecule has 0 saturated heterocycles. The van der Waals surface area contributed by atoms with E-state index >= 15 is 0 Å². The number of carboxylic acid groups (broad SMARTS) is 1. The number of hydrogen-bond donors (Lipinski definition) is 2. The number of benzene rings is 2. The molecule has 30 heavy (non-hydrogen) atoms. The minimum absolute atomic E-state index is 0.139. The predicted molar refractivity (Wildman–Crippen MR) is 107 cm³/mol. The Bertz CT molecular complexity index is 988. The molecule has 1 atom stereocenters. The summed E-state index contributed by atoms with van der Waals surface area (Å²) in [6.07, 6.45) is 3.09. The Hall–Kier alpha value is -3.72. The molecule has 1 aliphatic heterocycles. The molecule has 1 heterocycles. The van der Waals surface area contributed by atoms with E-state index in [1.807, 2.05) is 24.3 Å². The van der Waals surface area contributed by atoms with Gasteiger partial charge in [0.05, 0.1) is 25.9 Å². The molecule has 0 aromatic heterocycles. The lowest BCUT2D eigenvalue weighted by atomic mass is 10.1. The first-order valence-electron chi connectivity index (χ1n) is 9.01. The number of anilines is 1. The molecule has 9 nitrogen and oxygen atoms in total. The molecule has 158 valence electrons. The van der Waals surface area contributed by atoms with Gasteiger partial charge in [0, 0.05) is 12.4 Å². The van der Waals surface area contributed by atoms with Crippen molar-refractivity contribution in [1.82, 2.24) is 0 Å². The molecule has 9 heteroatoms. The molecule has 3 N–H and O–H groups in total. The fourth-order valence-electron chi connectivity index (χ4n) is 2.86. The number of nitrogens with two attached hydrogens (primary N) is 1. The Kier molecular flexibility index (Phi) is 6.43. The van der Waals surface area contributed by atoms with Crippen LogP contribution in [0, 0.1) is 0 Å². The Balaban J connectivity index is 1.81. The lowest BCUT2D eigenvalue weighted by molar-refractivity contribution is -0.305. The number of nitrogens with one attached hydrogen (secondary N) is 1. The Labute approximate surface area is 173 Å². The number of carbonyl (C=O) groups excluding carboxylic acids is 2. The van der Waals surface area contributed by atoms with Gasteiger partial charge in [-0.1, -0.05) is 18.2 Å². The monoisotopic (exact) mass is 413 g/mol. The molecule has 0 fully saturated rings. The van der Waals surface area contributed by atoms with Crippen LogP contribution in [0.2, 0.25) is 0 Å². The zero-order valence-corrected chi connectivity index (χ0v) is 16.5. The van der Waals surface area contributed by atoms with E-state index in [1.165, 1.54) is 7.11 Å². The van der Waals surface area contributed by atoms with Crippen LogP contribution in [0.15, 0.2) is 30.3 Å². The molecule has 0 radical (unpaired) electrons. The van der Waals surface area contributed by atoms with Crippen molar-refractivity contribution in [3.8, 4) is 23.0 Å². The third-order valence-corrected chi connectivity index (χ3v) is 4.35. The van der Waals surface area contributed by atoms with E-state index in [0.717, 1.165) is 11.1 Å². The van der Waals surface area contributed by atoms with E-state index in [9.17, 15) is 14.7 Å². The van der Waals surface area contributed by atoms with E-state index in [2.05, 4.69) is 5.32 Å². The summed E-state index contributed by atoms with van der Waals surface area (Å²) in [7, 11) is 3.01. The molecule has 1 unspecified atom stereocenters. The largest absolute Gasteiger partial charge is 0.550 e. The molecule has 0 aliphatic carbocycles. The zero-order chi connectivity index (χ0) is 21.7. The van der Waals surface area contributed by atoms with Gasteiger partial charge in [0.2, 0.25) is 18.4 Å². The van der Waals surface area contributed by atoms with Crippen LogP contribution in [0.4, 0.5) is 5.69 Å². The van der Waals surface area contributed by atoms with Gasteiger partial charge >= 0.3 is 0 Å². The second-order valence-electron chi connectivity index (χ2n) is 6.42. The van der Waals surface area contributed by atoms with Crippen LogP contribution in [0.5, 0.6) is 23.0 Å². The first-order chi connectivity index (χ1) is 14.4. The highest BCUT2D eigenvalue weighted by Crippen LogP contribution is 2.42. The molecule has 0 spiro atoms. The first kappa shape index (κ1) is 21.0. The minimum Gasteiger partial charge on any atom is -0.550 e. The third-order valence-electron chi connectivity index (χ3n) is 4.35. The van der Waals surface area contributed by atoms with Gasteiger partial charge in [0.1, 0.15) is 5.75 Å². The molecule has 1 amide bonds. The third kappa shape index (κ3) is 4.81. The van der Waals surface area contributed by atoms with E-state index in [-0.39, 0.29) is 6.79 Å². The van der Waals surface area contributed by atoms with Crippen LogP contribution in [-0.4, -0.2) is 38.9 Å². The maximum absolute atomic E-state index is 12.1. The first-order valence-corrected chi connectivity index (χ1v) is 9.01. The van der Waals surface area contributed by atoms with Crippen LogP contribution in [0.25, 0.3) is 12.2 Å². The normalized spacial score (nSPS) is 13.2. The molecular weight excluding hydrogens is 392 g/mol. The molecule has 2 aromatic rings. The Morgan fingerprint density at radius 1 is 1.13 bits per heavy atom. The van der Waals surface area contributed by atoms with Gasteiger partial charge in [0.25, 0.3) is 0 Å². The maximum atomic E-state index is 12.1. The number of ether oxygens (including phenoxy) is 4. The molecule has 2 aromatic carbocycles. The van der Waals surface area contributed by atoms with Gasteiger partial charge in [-0.3, -0.25) is 4.79 Å². The van der Waals surface area contributed by atoms with Crippen LogP contribution >= 0.6 is 0 Å².